The lowest BCUT2D eigenvalue weighted by atomic mass is 9.88. The third kappa shape index (κ3) is 1.60. The van der Waals surface area contributed by atoms with Crippen LogP contribution in [0.1, 0.15) is 6.92 Å². The van der Waals surface area contributed by atoms with Crippen molar-refractivity contribution in [3.8, 4) is 0 Å². The molecule has 0 N–H and O–H groups in total. The van der Waals surface area contributed by atoms with Gasteiger partial charge in [0.05, 0.1) is 12.0 Å². The van der Waals surface area contributed by atoms with Crippen molar-refractivity contribution in [1.29, 1.82) is 0 Å². The number of carbonyl (C=O) groups excluding carboxylic acids is 2. The maximum Gasteiger partial charge on any atom is 0.223 e. The average Bonchev–Trinajstić information content (AvgIpc) is 1.95. The van der Waals surface area contributed by atoms with Crippen LogP contribution in [0.3, 0.4) is 0 Å². The van der Waals surface area contributed by atoms with Crippen LogP contribution in [0.4, 0.5) is 4.39 Å². The van der Waals surface area contributed by atoms with Gasteiger partial charge in [0.2, 0.25) is 5.91 Å². The molecule has 1 heterocycles. The van der Waals surface area contributed by atoms with Crippen molar-refractivity contribution >= 4 is 20.4 Å². The zero-order valence-corrected chi connectivity index (χ0v) is 9.95. The molecule has 1 fully saturated rings. The number of amides is 1. The summed E-state index contributed by atoms with van der Waals surface area (Å²) in [6.07, 6.45) is -0.536. The van der Waals surface area contributed by atoms with Gasteiger partial charge in [-0.25, -0.2) is 4.39 Å². The number of β-lactam (4-membered cyclic amide) rings is 1. The monoisotopic (exact) mass is 217 g/mol. The molecule has 0 aromatic carbocycles. The predicted molar refractivity (Wildman–Crippen MR) is 54.1 cm³/mol. The molecule has 0 aliphatic carbocycles. The van der Waals surface area contributed by atoms with Crippen molar-refractivity contribution in [2.75, 3.05) is 0 Å². The Labute approximate surface area is 84.4 Å². The molecule has 3 atom stereocenters. The maximum atomic E-state index is 13.0. The number of alkyl halides is 1. The molecule has 14 heavy (non-hydrogen) atoms. The summed E-state index contributed by atoms with van der Waals surface area (Å²) in [6, 6.07) is -0.533. The second kappa shape index (κ2) is 3.45. The van der Waals surface area contributed by atoms with E-state index < -0.39 is 26.4 Å². The first-order valence-corrected chi connectivity index (χ1v) is 8.18. The minimum absolute atomic E-state index is 0.198. The number of hydrogen-bond donors (Lipinski definition) is 0. The van der Waals surface area contributed by atoms with Gasteiger partial charge in [-0.15, -0.1) is 0 Å². The third-order valence-corrected chi connectivity index (χ3v) is 4.51. The Balaban J connectivity index is 2.85. The van der Waals surface area contributed by atoms with Crippen molar-refractivity contribution in [2.24, 2.45) is 5.92 Å². The van der Waals surface area contributed by atoms with Crippen molar-refractivity contribution in [1.82, 2.24) is 4.57 Å². The molecule has 3 nitrogen and oxygen atoms in total. The van der Waals surface area contributed by atoms with E-state index in [1.165, 1.54) is 6.92 Å². The zero-order chi connectivity index (χ0) is 11.1. The normalized spacial score (nSPS) is 29.8. The van der Waals surface area contributed by atoms with Gasteiger partial charge in [-0.3, -0.25) is 4.79 Å². The quantitative estimate of drug-likeness (QED) is 0.405. The largest absolute Gasteiger partial charge is 0.359 e. The molecule has 0 spiro atoms. The van der Waals surface area contributed by atoms with E-state index in [2.05, 4.69) is 0 Å². The summed E-state index contributed by atoms with van der Waals surface area (Å²) in [4.78, 5) is 22.3. The Hall–Kier alpha value is -0.713. The van der Waals surface area contributed by atoms with Gasteiger partial charge in [0.15, 0.2) is 8.24 Å². The van der Waals surface area contributed by atoms with Gasteiger partial charge < -0.3 is 9.36 Å². The molecule has 0 bridgehead atoms. The Kier molecular flexibility index (Phi) is 2.80. The Morgan fingerprint density at radius 3 is 2.29 bits per heavy atom. The van der Waals surface area contributed by atoms with Gasteiger partial charge in [0.1, 0.15) is 12.5 Å². The Morgan fingerprint density at radius 1 is 1.50 bits per heavy atom. The van der Waals surface area contributed by atoms with Crippen molar-refractivity contribution < 1.29 is 14.0 Å². The molecular weight excluding hydrogens is 201 g/mol. The molecule has 1 rings (SSSR count). The number of rotatable bonds is 3. The molecule has 5 heteroatoms. The first-order chi connectivity index (χ1) is 6.30. The van der Waals surface area contributed by atoms with E-state index in [1.807, 2.05) is 19.6 Å². The van der Waals surface area contributed by atoms with Crippen LogP contribution in [-0.4, -0.2) is 37.2 Å². The summed E-state index contributed by atoms with van der Waals surface area (Å²) >= 11 is 0. The summed E-state index contributed by atoms with van der Waals surface area (Å²) in [7, 11) is -1.82. The summed E-state index contributed by atoms with van der Waals surface area (Å²) in [6.45, 7) is 7.25. The average molecular weight is 217 g/mol. The van der Waals surface area contributed by atoms with E-state index in [0.717, 1.165) is 0 Å². The molecule has 0 unspecified atom stereocenters. The minimum Gasteiger partial charge on any atom is -0.359 e. The Morgan fingerprint density at radius 2 is 2.00 bits per heavy atom. The molecule has 1 aliphatic heterocycles. The van der Waals surface area contributed by atoms with Crippen LogP contribution in [0.25, 0.3) is 0 Å². The van der Waals surface area contributed by atoms with Gasteiger partial charge in [-0.2, -0.15) is 0 Å². The van der Waals surface area contributed by atoms with Crippen LogP contribution in [-0.2, 0) is 9.59 Å². The third-order valence-electron chi connectivity index (χ3n) is 2.55. The second-order valence-electron chi connectivity index (χ2n) is 4.71. The van der Waals surface area contributed by atoms with E-state index in [-0.39, 0.29) is 5.91 Å². The summed E-state index contributed by atoms with van der Waals surface area (Å²) in [5.74, 6) is -0.935. The lowest BCUT2D eigenvalue weighted by Gasteiger charge is -2.51. The fraction of sp³-hybridized carbons (Fsp3) is 0.778. The van der Waals surface area contributed by atoms with E-state index in [0.29, 0.717) is 6.29 Å². The highest BCUT2D eigenvalue weighted by Gasteiger charge is 2.54. The van der Waals surface area contributed by atoms with E-state index >= 15 is 0 Å². The fourth-order valence-electron chi connectivity index (χ4n) is 1.92. The predicted octanol–water partition coefficient (Wildman–Crippen LogP) is 1.21. The topological polar surface area (TPSA) is 37.4 Å². The van der Waals surface area contributed by atoms with Crippen molar-refractivity contribution in [3.05, 3.63) is 0 Å². The molecule has 0 saturated carbocycles. The van der Waals surface area contributed by atoms with Gasteiger partial charge >= 0.3 is 0 Å². The standard InChI is InChI=1S/C9H16FNO2Si/c1-6(10)8-7(5-12)11(9(8)13)14(2,3)4/h5-8H,1-4H3/t6-,7-,8-/m1/s1. The van der Waals surface area contributed by atoms with Gasteiger partial charge in [0, 0.05) is 0 Å². The molecule has 0 aromatic heterocycles. The van der Waals surface area contributed by atoms with E-state index in [4.69, 9.17) is 0 Å². The molecular formula is C9H16FNO2Si. The number of hydrogen-bond acceptors (Lipinski definition) is 2. The van der Waals surface area contributed by atoms with Crippen LogP contribution in [0.15, 0.2) is 0 Å². The Bertz CT molecular complexity index is 262. The SMILES string of the molecule is C[C@@H](F)[C@H]1C(=O)N([Si](C)(C)C)[C@@H]1C=O. The number of carbonyl (C=O) groups is 2. The maximum absolute atomic E-state index is 13.0. The summed E-state index contributed by atoms with van der Waals surface area (Å²) in [5.41, 5.74) is 0. The highest BCUT2D eigenvalue weighted by molar-refractivity contribution is 6.76. The first kappa shape index (κ1) is 11.4. The number of aldehydes is 1. The molecule has 0 aromatic rings. The fourth-order valence-corrected chi connectivity index (χ4v) is 3.85. The van der Waals surface area contributed by atoms with E-state index in [1.54, 1.807) is 4.57 Å². The van der Waals surface area contributed by atoms with E-state index in [9.17, 15) is 14.0 Å². The van der Waals surface area contributed by atoms with Crippen LogP contribution in [0.2, 0.25) is 19.6 Å². The van der Waals surface area contributed by atoms with Crippen molar-refractivity contribution in [2.45, 2.75) is 38.8 Å². The van der Waals surface area contributed by atoms with Gasteiger partial charge in [0.25, 0.3) is 0 Å². The lowest BCUT2D eigenvalue weighted by molar-refractivity contribution is -0.154. The second-order valence-corrected chi connectivity index (χ2v) is 9.53. The van der Waals surface area contributed by atoms with Crippen LogP contribution in [0, 0.1) is 5.92 Å². The van der Waals surface area contributed by atoms with Crippen LogP contribution < -0.4 is 0 Å². The number of halogens is 1. The molecule has 80 valence electrons. The van der Waals surface area contributed by atoms with Crippen LogP contribution >= 0.6 is 0 Å². The molecule has 1 amide bonds. The minimum atomic E-state index is -1.82. The van der Waals surface area contributed by atoms with Gasteiger partial charge in [-0.1, -0.05) is 19.6 Å². The molecule has 1 aliphatic rings. The summed E-state index contributed by atoms with van der Waals surface area (Å²) < 4.78 is 14.6. The molecule has 1 saturated heterocycles. The van der Waals surface area contributed by atoms with Gasteiger partial charge in [-0.05, 0) is 6.92 Å². The lowest BCUT2D eigenvalue weighted by Crippen LogP contribution is -2.71. The smallest absolute Gasteiger partial charge is 0.223 e. The first-order valence-electron chi connectivity index (χ1n) is 4.73. The highest BCUT2D eigenvalue weighted by Crippen LogP contribution is 2.34. The zero-order valence-electron chi connectivity index (χ0n) is 8.95. The molecule has 0 radical (unpaired) electrons. The summed E-state index contributed by atoms with van der Waals surface area (Å²) in [5, 5.41) is 0. The highest BCUT2D eigenvalue weighted by atomic mass is 28.3. The van der Waals surface area contributed by atoms with Crippen LogP contribution in [0.5, 0.6) is 0 Å². The number of nitrogens with zero attached hydrogens (tertiary/aromatic N) is 1. The van der Waals surface area contributed by atoms with Crippen molar-refractivity contribution in [3.63, 3.8) is 0 Å².